The molecule has 2 aromatic rings. The number of nitrogen functional groups attached to an aromatic ring is 1. The molecular formula is C19H21ClFN3O2S. The van der Waals surface area contributed by atoms with Crippen LogP contribution in [0.15, 0.2) is 24.3 Å². The fourth-order valence-electron chi connectivity index (χ4n) is 3.33. The average molecular weight is 410 g/mol. The van der Waals surface area contributed by atoms with E-state index in [9.17, 15) is 14.0 Å². The summed E-state index contributed by atoms with van der Waals surface area (Å²) in [6.07, 6.45) is 1.67. The highest BCUT2D eigenvalue weighted by Gasteiger charge is 2.32. The number of anilines is 1. The van der Waals surface area contributed by atoms with Gasteiger partial charge >= 0.3 is 0 Å². The molecule has 1 fully saturated rings. The van der Waals surface area contributed by atoms with E-state index < -0.39 is 11.7 Å². The Morgan fingerprint density at radius 2 is 2.15 bits per heavy atom. The van der Waals surface area contributed by atoms with E-state index in [0.29, 0.717) is 33.6 Å². The molecule has 1 aliphatic heterocycles. The van der Waals surface area contributed by atoms with Gasteiger partial charge in [-0.05, 0) is 49.6 Å². The number of thiophene rings is 1. The van der Waals surface area contributed by atoms with Gasteiger partial charge in [-0.25, -0.2) is 4.39 Å². The van der Waals surface area contributed by atoms with Crippen molar-refractivity contribution in [1.82, 2.24) is 9.80 Å². The number of likely N-dealkylation sites (N-methyl/N-ethyl adjacent to an activating group) is 1. The fourth-order valence-corrected chi connectivity index (χ4v) is 4.33. The van der Waals surface area contributed by atoms with Gasteiger partial charge < -0.3 is 15.5 Å². The average Bonchev–Trinajstić information content (AvgIpc) is 3.26. The van der Waals surface area contributed by atoms with Crippen molar-refractivity contribution in [3.63, 3.8) is 0 Å². The molecule has 1 atom stereocenters. The van der Waals surface area contributed by atoms with E-state index in [4.69, 9.17) is 17.3 Å². The van der Waals surface area contributed by atoms with Crippen LogP contribution in [0, 0.1) is 12.7 Å². The summed E-state index contributed by atoms with van der Waals surface area (Å²) in [5.74, 6) is -1.14. The quantitative estimate of drug-likeness (QED) is 0.781. The summed E-state index contributed by atoms with van der Waals surface area (Å²) < 4.78 is 14.7. The number of benzene rings is 1. The molecule has 5 nitrogen and oxygen atoms in total. The van der Waals surface area contributed by atoms with Crippen molar-refractivity contribution >= 4 is 40.4 Å². The van der Waals surface area contributed by atoms with Gasteiger partial charge in [0.1, 0.15) is 5.82 Å². The molecule has 2 heterocycles. The molecule has 144 valence electrons. The van der Waals surface area contributed by atoms with Crippen molar-refractivity contribution in [2.45, 2.75) is 25.8 Å². The number of likely N-dealkylation sites (tertiary alicyclic amines) is 1. The maximum Gasteiger partial charge on any atom is 0.264 e. The molecule has 0 aliphatic carbocycles. The van der Waals surface area contributed by atoms with Gasteiger partial charge in [0.05, 0.1) is 14.8 Å². The zero-order valence-corrected chi connectivity index (χ0v) is 16.7. The maximum atomic E-state index is 14.2. The molecule has 0 saturated carbocycles. The Balaban J connectivity index is 1.73. The number of nitrogens with zero attached hydrogens (tertiary/aromatic N) is 2. The Bertz CT molecular complexity index is 886. The molecule has 1 aliphatic rings. The van der Waals surface area contributed by atoms with E-state index in [1.54, 1.807) is 31.0 Å². The lowest BCUT2D eigenvalue weighted by molar-refractivity contribution is 0.0650. The van der Waals surface area contributed by atoms with E-state index in [0.717, 1.165) is 12.8 Å². The second kappa shape index (κ2) is 7.86. The van der Waals surface area contributed by atoms with Crippen LogP contribution < -0.4 is 5.73 Å². The second-order valence-corrected chi connectivity index (χ2v) is 8.49. The van der Waals surface area contributed by atoms with Gasteiger partial charge in [0.2, 0.25) is 0 Å². The lowest BCUT2D eigenvalue weighted by atomic mass is 10.1. The van der Waals surface area contributed by atoms with Crippen LogP contribution in [0.2, 0.25) is 4.34 Å². The number of nitrogens with two attached hydrogens (primary N) is 1. The lowest BCUT2D eigenvalue weighted by Gasteiger charge is -2.28. The Morgan fingerprint density at radius 1 is 1.41 bits per heavy atom. The molecule has 2 amide bonds. The SMILES string of the molecule is Cc1cc(C(=O)N(C)CC2CCCN2C(=O)c2ccc(Cl)s2)c(F)cc1N. The summed E-state index contributed by atoms with van der Waals surface area (Å²) in [5, 5.41) is 0. The number of hydrogen-bond donors (Lipinski definition) is 1. The molecule has 27 heavy (non-hydrogen) atoms. The Morgan fingerprint density at radius 3 is 2.81 bits per heavy atom. The summed E-state index contributed by atoms with van der Waals surface area (Å²) in [6, 6.07) is 5.94. The minimum atomic E-state index is -0.637. The van der Waals surface area contributed by atoms with E-state index in [2.05, 4.69) is 0 Å². The minimum absolute atomic E-state index is 0.00916. The molecule has 0 spiro atoms. The first-order valence-electron chi connectivity index (χ1n) is 8.65. The summed E-state index contributed by atoms with van der Waals surface area (Å²) in [4.78, 5) is 29.2. The monoisotopic (exact) mass is 409 g/mol. The van der Waals surface area contributed by atoms with Crippen molar-refractivity contribution in [1.29, 1.82) is 0 Å². The number of halogens is 2. The Hall–Kier alpha value is -2.12. The summed E-state index contributed by atoms with van der Waals surface area (Å²) in [6.45, 7) is 2.71. The highest BCUT2D eigenvalue weighted by Crippen LogP contribution is 2.27. The van der Waals surface area contributed by atoms with Crippen molar-refractivity contribution < 1.29 is 14.0 Å². The molecule has 8 heteroatoms. The van der Waals surface area contributed by atoms with Crippen molar-refractivity contribution in [3.05, 3.63) is 50.4 Å². The van der Waals surface area contributed by atoms with Crippen LogP contribution in [-0.2, 0) is 0 Å². The first kappa shape index (κ1) is 19.6. The number of rotatable bonds is 4. The van der Waals surface area contributed by atoms with Gasteiger partial charge in [0.25, 0.3) is 11.8 Å². The van der Waals surface area contributed by atoms with Crippen LogP contribution in [0.3, 0.4) is 0 Å². The van der Waals surface area contributed by atoms with E-state index in [1.165, 1.54) is 28.4 Å². The van der Waals surface area contributed by atoms with Crippen LogP contribution in [0.4, 0.5) is 10.1 Å². The fraction of sp³-hybridized carbons (Fsp3) is 0.368. The van der Waals surface area contributed by atoms with E-state index in [1.807, 2.05) is 0 Å². The first-order chi connectivity index (χ1) is 12.8. The van der Waals surface area contributed by atoms with Gasteiger partial charge in [-0.1, -0.05) is 11.6 Å². The number of hydrogen-bond acceptors (Lipinski definition) is 4. The largest absolute Gasteiger partial charge is 0.398 e. The number of carbonyl (C=O) groups excluding carboxylic acids is 2. The van der Waals surface area contributed by atoms with Crippen LogP contribution >= 0.6 is 22.9 Å². The minimum Gasteiger partial charge on any atom is -0.398 e. The van der Waals surface area contributed by atoms with Crippen molar-refractivity contribution in [2.24, 2.45) is 0 Å². The topological polar surface area (TPSA) is 66.6 Å². The molecule has 1 aromatic heterocycles. The van der Waals surface area contributed by atoms with E-state index in [-0.39, 0.29) is 17.5 Å². The third-order valence-corrected chi connectivity index (χ3v) is 6.06. The molecule has 3 rings (SSSR count). The second-order valence-electron chi connectivity index (χ2n) is 6.77. The molecular weight excluding hydrogens is 389 g/mol. The predicted octanol–water partition coefficient (Wildman–Crippen LogP) is 3.81. The molecule has 1 unspecified atom stereocenters. The zero-order chi connectivity index (χ0) is 19.7. The van der Waals surface area contributed by atoms with Gasteiger partial charge in [-0.2, -0.15) is 0 Å². The van der Waals surface area contributed by atoms with Crippen LogP contribution in [-0.4, -0.2) is 47.8 Å². The van der Waals surface area contributed by atoms with Gasteiger partial charge in [0.15, 0.2) is 0 Å². The lowest BCUT2D eigenvalue weighted by Crippen LogP contribution is -2.43. The highest BCUT2D eigenvalue weighted by molar-refractivity contribution is 7.17. The third kappa shape index (κ3) is 4.09. The molecule has 1 saturated heterocycles. The number of amides is 2. The zero-order valence-electron chi connectivity index (χ0n) is 15.2. The highest BCUT2D eigenvalue weighted by atomic mass is 35.5. The summed E-state index contributed by atoms with van der Waals surface area (Å²) in [7, 11) is 1.62. The standard InChI is InChI=1S/C19H21ClFN3O2S/c1-11-8-13(14(21)9-15(11)22)18(25)23(2)10-12-4-3-7-24(12)19(26)16-5-6-17(20)27-16/h5-6,8-9,12H,3-4,7,10,22H2,1-2H3. The Labute approximate surface area is 166 Å². The normalized spacial score (nSPS) is 16.6. The van der Waals surface area contributed by atoms with Crippen LogP contribution in [0.1, 0.15) is 38.4 Å². The first-order valence-corrected chi connectivity index (χ1v) is 9.84. The Kier molecular flexibility index (Phi) is 5.72. The predicted molar refractivity (Wildman–Crippen MR) is 106 cm³/mol. The molecule has 2 N–H and O–H groups in total. The van der Waals surface area contributed by atoms with Crippen LogP contribution in [0.25, 0.3) is 0 Å². The van der Waals surface area contributed by atoms with Gasteiger partial charge in [0, 0.05) is 31.9 Å². The summed E-state index contributed by atoms with van der Waals surface area (Å²) >= 11 is 7.17. The summed E-state index contributed by atoms with van der Waals surface area (Å²) in [5.41, 5.74) is 6.65. The van der Waals surface area contributed by atoms with Gasteiger partial charge in [-0.3, -0.25) is 9.59 Å². The smallest absolute Gasteiger partial charge is 0.264 e. The molecule has 0 radical (unpaired) electrons. The maximum absolute atomic E-state index is 14.2. The van der Waals surface area contributed by atoms with Gasteiger partial charge in [-0.15, -0.1) is 11.3 Å². The number of carbonyl (C=O) groups is 2. The van der Waals surface area contributed by atoms with Crippen molar-refractivity contribution in [3.8, 4) is 0 Å². The van der Waals surface area contributed by atoms with Crippen molar-refractivity contribution in [2.75, 3.05) is 25.9 Å². The number of aryl methyl sites for hydroxylation is 1. The third-order valence-electron chi connectivity index (χ3n) is 4.84. The molecule has 0 bridgehead atoms. The molecule has 1 aromatic carbocycles. The van der Waals surface area contributed by atoms with Crippen LogP contribution in [0.5, 0.6) is 0 Å². The van der Waals surface area contributed by atoms with E-state index >= 15 is 0 Å².